The quantitative estimate of drug-likeness (QED) is 0.552. The summed E-state index contributed by atoms with van der Waals surface area (Å²) in [5, 5.41) is 6.38. The zero-order valence-corrected chi connectivity index (χ0v) is 15.6. The molecule has 0 saturated heterocycles. The fraction of sp³-hybridized carbons (Fsp3) is 0.158. The molecule has 0 bridgehead atoms. The van der Waals surface area contributed by atoms with Crippen molar-refractivity contribution in [3.63, 3.8) is 0 Å². The molecule has 0 heterocycles. The first-order valence-corrected chi connectivity index (χ1v) is 8.57. The number of para-hydroxylation sites is 1. The van der Waals surface area contributed by atoms with Crippen LogP contribution in [0.1, 0.15) is 15.9 Å². The summed E-state index contributed by atoms with van der Waals surface area (Å²) < 4.78 is 4.90. The average Bonchev–Trinajstić information content (AvgIpc) is 2.61. The highest BCUT2D eigenvalue weighted by Crippen LogP contribution is 2.22. The molecule has 0 aliphatic rings. The van der Waals surface area contributed by atoms with Crippen LogP contribution in [0.2, 0.25) is 10.0 Å². The molecule has 0 fully saturated rings. The largest absolute Gasteiger partial charge is 0.383 e. The summed E-state index contributed by atoms with van der Waals surface area (Å²) in [5.74, 6) is -0.671. The molecule has 2 aromatic rings. The Balaban J connectivity index is 2.07. The van der Waals surface area contributed by atoms with Crippen LogP contribution in [0.25, 0.3) is 6.08 Å². The molecule has 0 aliphatic heterocycles. The Hall–Kier alpha value is -2.34. The Kier molecular flexibility index (Phi) is 7.66. The molecule has 2 rings (SSSR count). The molecule has 136 valence electrons. The van der Waals surface area contributed by atoms with E-state index in [0.29, 0.717) is 40.0 Å². The summed E-state index contributed by atoms with van der Waals surface area (Å²) in [6, 6.07) is 11.8. The van der Waals surface area contributed by atoms with Gasteiger partial charge < -0.3 is 15.4 Å². The molecule has 2 aromatic carbocycles. The highest BCUT2D eigenvalue weighted by atomic mass is 35.5. The molecule has 0 spiro atoms. The van der Waals surface area contributed by atoms with Gasteiger partial charge in [0, 0.05) is 29.8 Å². The first kappa shape index (κ1) is 20.0. The summed E-state index contributed by atoms with van der Waals surface area (Å²) in [4.78, 5) is 24.4. The number of benzene rings is 2. The van der Waals surface area contributed by atoms with Crippen LogP contribution in [0.15, 0.2) is 48.5 Å². The monoisotopic (exact) mass is 392 g/mol. The third-order valence-corrected chi connectivity index (χ3v) is 3.96. The van der Waals surface area contributed by atoms with Crippen LogP contribution >= 0.6 is 23.2 Å². The van der Waals surface area contributed by atoms with Gasteiger partial charge in [-0.25, -0.2) is 0 Å². The van der Waals surface area contributed by atoms with Crippen molar-refractivity contribution in [3.05, 3.63) is 69.7 Å². The molecule has 0 saturated carbocycles. The Morgan fingerprint density at radius 2 is 1.92 bits per heavy atom. The molecule has 0 unspecified atom stereocenters. The van der Waals surface area contributed by atoms with Gasteiger partial charge in [0.1, 0.15) is 0 Å². The molecule has 2 amide bonds. The van der Waals surface area contributed by atoms with Crippen molar-refractivity contribution in [1.29, 1.82) is 0 Å². The predicted octanol–water partition coefficient (Wildman–Crippen LogP) is 4.02. The molecule has 0 aromatic heterocycles. The van der Waals surface area contributed by atoms with Crippen LogP contribution in [0.4, 0.5) is 5.69 Å². The standard InChI is InChI=1S/C19H18Cl2N2O3/c1-26-11-10-22-19(25)15-4-2-3-5-17(15)23-18(24)9-7-13-6-8-14(20)12-16(13)21/h2-9,12H,10-11H2,1H3,(H,22,25)(H,23,24)/b9-7+. The molecular formula is C19H18Cl2N2O3. The average molecular weight is 393 g/mol. The number of carbonyl (C=O) groups excluding carboxylic acids is 2. The molecular weight excluding hydrogens is 375 g/mol. The lowest BCUT2D eigenvalue weighted by Crippen LogP contribution is -2.28. The number of methoxy groups -OCH3 is 1. The SMILES string of the molecule is COCCNC(=O)c1ccccc1NC(=O)/C=C/c1ccc(Cl)cc1Cl. The van der Waals surface area contributed by atoms with Gasteiger partial charge in [0.05, 0.1) is 17.9 Å². The van der Waals surface area contributed by atoms with E-state index >= 15 is 0 Å². The highest BCUT2D eigenvalue weighted by molar-refractivity contribution is 6.35. The van der Waals surface area contributed by atoms with Crippen LogP contribution in [0.5, 0.6) is 0 Å². The third kappa shape index (κ3) is 5.88. The Labute approximate surface area is 161 Å². The maximum atomic E-state index is 12.2. The van der Waals surface area contributed by atoms with Gasteiger partial charge in [0.15, 0.2) is 0 Å². The van der Waals surface area contributed by atoms with E-state index in [1.54, 1.807) is 55.7 Å². The zero-order valence-electron chi connectivity index (χ0n) is 14.1. The Morgan fingerprint density at radius 1 is 1.15 bits per heavy atom. The summed E-state index contributed by atoms with van der Waals surface area (Å²) in [6.07, 6.45) is 2.92. The van der Waals surface area contributed by atoms with Crippen molar-refractivity contribution in [2.24, 2.45) is 0 Å². The van der Waals surface area contributed by atoms with Crippen molar-refractivity contribution in [2.75, 3.05) is 25.6 Å². The molecule has 0 aliphatic carbocycles. The van der Waals surface area contributed by atoms with Crippen LogP contribution in [-0.4, -0.2) is 32.1 Å². The lowest BCUT2D eigenvalue weighted by molar-refractivity contribution is -0.111. The van der Waals surface area contributed by atoms with E-state index in [1.807, 2.05) is 0 Å². The number of ether oxygens (including phenoxy) is 1. The lowest BCUT2D eigenvalue weighted by Gasteiger charge is -2.10. The first-order valence-electron chi connectivity index (χ1n) is 7.81. The van der Waals surface area contributed by atoms with E-state index in [9.17, 15) is 9.59 Å². The molecule has 5 nitrogen and oxygen atoms in total. The van der Waals surface area contributed by atoms with Gasteiger partial charge in [-0.15, -0.1) is 0 Å². The van der Waals surface area contributed by atoms with Gasteiger partial charge in [0.25, 0.3) is 5.91 Å². The maximum Gasteiger partial charge on any atom is 0.253 e. The number of nitrogens with one attached hydrogen (secondary N) is 2. The van der Waals surface area contributed by atoms with Gasteiger partial charge in [-0.2, -0.15) is 0 Å². The van der Waals surface area contributed by atoms with E-state index < -0.39 is 0 Å². The first-order chi connectivity index (χ1) is 12.5. The van der Waals surface area contributed by atoms with Gasteiger partial charge in [0.2, 0.25) is 5.91 Å². The fourth-order valence-corrected chi connectivity index (χ4v) is 2.60. The predicted molar refractivity (Wildman–Crippen MR) is 105 cm³/mol. The van der Waals surface area contributed by atoms with Crippen LogP contribution in [-0.2, 0) is 9.53 Å². The zero-order chi connectivity index (χ0) is 18.9. The van der Waals surface area contributed by atoms with Crippen molar-refractivity contribution in [3.8, 4) is 0 Å². The van der Waals surface area contributed by atoms with E-state index in [-0.39, 0.29) is 11.8 Å². The number of amides is 2. The summed E-state index contributed by atoms with van der Waals surface area (Å²) >= 11 is 11.9. The van der Waals surface area contributed by atoms with Gasteiger partial charge in [-0.05, 0) is 35.9 Å². The van der Waals surface area contributed by atoms with Crippen molar-refractivity contribution in [1.82, 2.24) is 5.32 Å². The second-order valence-corrected chi connectivity index (χ2v) is 6.13. The summed E-state index contributed by atoms with van der Waals surface area (Å²) in [5.41, 5.74) is 1.45. The minimum Gasteiger partial charge on any atom is -0.383 e. The Bertz CT molecular complexity index is 822. The van der Waals surface area contributed by atoms with E-state index in [2.05, 4.69) is 10.6 Å². The molecule has 26 heavy (non-hydrogen) atoms. The number of hydrogen-bond donors (Lipinski definition) is 2. The van der Waals surface area contributed by atoms with Gasteiger partial charge >= 0.3 is 0 Å². The smallest absolute Gasteiger partial charge is 0.253 e. The third-order valence-electron chi connectivity index (χ3n) is 3.40. The topological polar surface area (TPSA) is 67.4 Å². The molecule has 7 heteroatoms. The minimum absolute atomic E-state index is 0.289. The van der Waals surface area contributed by atoms with E-state index in [1.165, 1.54) is 6.08 Å². The van der Waals surface area contributed by atoms with Crippen molar-refractivity contribution >= 4 is 46.8 Å². The highest BCUT2D eigenvalue weighted by Gasteiger charge is 2.11. The van der Waals surface area contributed by atoms with Crippen LogP contribution in [0, 0.1) is 0 Å². The molecule has 2 N–H and O–H groups in total. The number of halogens is 2. The summed E-state index contributed by atoms with van der Waals surface area (Å²) in [7, 11) is 1.56. The normalized spacial score (nSPS) is 10.7. The molecule has 0 atom stereocenters. The second kappa shape index (κ2) is 9.97. The second-order valence-electron chi connectivity index (χ2n) is 5.28. The summed E-state index contributed by atoms with van der Waals surface area (Å²) in [6.45, 7) is 0.789. The number of carbonyl (C=O) groups is 2. The van der Waals surface area contributed by atoms with Crippen LogP contribution < -0.4 is 10.6 Å². The number of rotatable bonds is 7. The van der Waals surface area contributed by atoms with Crippen LogP contribution in [0.3, 0.4) is 0 Å². The van der Waals surface area contributed by atoms with E-state index in [0.717, 1.165) is 0 Å². The number of anilines is 1. The van der Waals surface area contributed by atoms with Gasteiger partial charge in [-0.3, -0.25) is 9.59 Å². The maximum absolute atomic E-state index is 12.2. The Morgan fingerprint density at radius 3 is 2.65 bits per heavy atom. The van der Waals surface area contributed by atoms with Gasteiger partial charge in [-0.1, -0.05) is 41.4 Å². The number of hydrogen-bond acceptors (Lipinski definition) is 3. The molecule has 0 radical (unpaired) electrons. The lowest BCUT2D eigenvalue weighted by atomic mass is 10.1. The van der Waals surface area contributed by atoms with E-state index in [4.69, 9.17) is 27.9 Å². The fourth-order valence-electron chi connectivity index (χ4n) is 2.13. The van der Waals surface area contributed by atoms with Crippen molar-refractivity contribution < 1.29 is 14.3 Å². The van der Waals surface area contributed by atoms with Crippen molar-refractivity contribution in [2.45, 2.75) is 0 Å². The minimum atomic E-state index is -0.381.